The maximum Gasteiger partial charge on any atom is 0.255 e. The largest absolute Gasteiger partial charge is 0.488 e. The predicted molar refractivity (Wildman–Crippen MR) is 159 cm³/mol. The minimum Gasteiger partial charge on any atom is -0.488 e. The van der Waals surface area contributed by atoms with Crippen LogP contribution in [0.1, 0.15) is 27.0 Å². The molecular weight excluding hydrogens is 529 g/mol. The average molecular weight is 563 g/mol. The lowest BCUT2D eigenvalue weighted by molar-refractivity contribution is -0.287. The third-order valence-corrected chi connectivity index (χ3v) is 8.67. The molecule has 2 amide bonds. The van der Waals surface area contributed by atoms with Crippen LogP contribution in [0.5, 0.6) is 5.75 Å². The molecule has 0 aromatic heterocycles. The summed E-state index contributed by atoms with van der Waals surface area (Å²) in [6.45, 7) is 1.15. The number of aldehydes is 1. The Morgan fingerprint density at radius 2 is 1.88 bits per heavy atom. The van der Waals surface area contributed by atoms with Crippen molar-refractivity contribution in [3.8, 4) is 5.75 Å². The molecule has 0 saturated carbocycles. The van der Waals surface area contributed by atoms with Crippen molar-refractivity contribution >= 4 is 49.5 Å². The molecule has 1 fully saturated rings. The van der Waals surface area contributed by atoms with E-state index in [1.807, 2.05) is 0 Å². The van der Waals surface area contributed by atoms with Gasteiger partial charge in [-0.15, -0.1) is 0 Å². The van der Waals surface area contributed by atoms with E-state index in [4.69, 9.17) is 9.47 Å². The highest BCUT2D eigenvalue weighted by Gasteiger charge is 2.51. The lowest BCUT2D eigenvalue weighted by Crippen LogP contribution is -2.57. The monoisotopic (exact) mass is 563 g/mol. The van der Waals surface area contributed by atoms with Crippen LogP contribution in [0.4, 0.5) is 4.39 Å². The van der Waals surface area contributed by atoms with E-state index in [9.17, 15) is 24.6 Å². The van der Waals surface area contributed by atoms with Crippen LogP contribution in [0.3, 0.4) is 0 Å². The van der Waals surface area contributed by atoms with Crippen molar-refractivity contribution < 1.29 is 38.5 Å². The number of aliphatic hydroxyl groups is 2. The Balaban J connectivity index is 1.56. The normalized spacial score (nSPS) is 17.2. The number of hydrogen-bond donors (Lipinski definition) is 3. The average Bonchev–Trinajstić information content (AvgIpc) is 3.28. The van der Waals surface area contributed by atoms with Crippen LogP contribution in [-0.2, 0) is 33.4 Å². The molecule has 214 valence electrons. The zero-order chi connectivity index (χ0) is 30.2. The molecule has 2 aliphatic rings. The second-order valence-corrected chi connectivity index (χ2v) is 11.6. The van der Waals surface area contributed by atoms with Gasteiger partial charge in [-0.2, -0.15) is 0 Å². The first-order valence-corrected chi connectivity index (χ1v) is 13.6. The molecule has 0 radical (unpaired) electrons. The third-order valence-electron chi connectivity index (χ3n) is 8.67. The van der Waals surface area contributed by atoms with Crippen LogP contribution in [0.2, 0.25) is 10.4 Å². The van der Waals surface area contributed by atoms with Gasteiger partial charge in [-0.25, -0.2) is 9.29 Å². The number of nitrogens with one attached hydrogen (secondary N) is 1. The fraction of sp³-hybridized carbons (Fsp3) is 0.423. The van der Waals surface area contributed by atoms with Crippen molar-refractivity contribution in [2.75, 3.05) is 33.4 Å². The number of likely N-dealkylation sites (N-methyl/N-ethyl adjacent to an activating group) is 1. The van der Waals surface area contributed by atoms with Crippen molar-refractivity contribution in [3.63, 3.8) is 0 Å². The van der Waals surface area contributed by atoms with Gasteiger partial charge >= 0.3 is 0 Å². The lowest BCUT2D eigenvalue weighted by atomic mass is 9.28. The maximum absolute atomic E-state index is 15.1. The van der Waals surface area contributed by atoms with E-state index in [1.165, 1.54) is 29.0 Å². The number of rotatable bonds is 10. The highest BCUT2D eigenvalue weighted by Crippen LogP contribution is 2.47. The van der Waals surface area contributed by atoms with Gasteiger partial charge in [0.1, 0.15) is 61.9 Å². The lowest BCUT2D eigenvalue weighted by Gasteiger charge is -2.47. The highest BCUT2D eigenvalue weighted by molar-refractivity contribution is 6.60. The molecule has 2 aliphatic heterocycles. The quantitative estimate of drug-likeness (QED) is 0.158. The molecule has 4 rings (SSSR count). The number of morpholine rings is 1. The number of amides is 2. The maximum atomic E-state index is 15.1. The van der Waals surface area contributed by atoms with Gasteiger partial charge in [-0.05, 0) is 23.4 Å². The van der Waals surface area contributed by atoms with Crippen LogP contribution in [0.25, 0.3) is 0 Å². The fourth-order valence-corrected chi connectivity index (χ4v) is 5.26. The number of hydrogen-bond acceptors (Lipinski definition) is 8. The highest BCUT2D eigenvalue weighted by atomic mass is 19.1. The van der Waals surface area contributed by atoms with Gasteiger partial charge in [-0.3, -0.25) is 9.59 Å². The summed E-state index contributed by atoms with van der Waals surface area (Å²) in [5, 5.41) is 22.1. The van der Waals surface area contributed by atoms with E-state index in [0.29, 0.717) is 43.2 Å². The molecule has 2 aromatic carbocycles. The summed E-state index contributed by atoms with van der Waals surface area (Å²) in [4.78, 5) is 41.4. The van der Waals surface area contributed by atoms with Crippen molar-refractivity contribution in [3.05, 3.63) is 64.5 Å². The summed E-state index contributed by atoms with van der Waals surface area (Å²) in [6, 6.07) is 7.95. The first kappa shape index (κ1) is 30.8. The summed E-state index contributed by atoms with van der Waals surface area (Å²) in [5.74, 6) is -3.42. The fourth-order valence-electron chi connectivity index (χ4n) is 5.26. The number of nitrogens with zero attached hydrogens (tertiary/aromatic N) is 2. The summed E-state index contributed by atoms with van der Waals surface area (Å²) >= 11 is 0. The number of carbonyl (C=O) groups excluding carboxylic acids is 3. The molecule has 2 heterocycles. The summed E-state index contributed by atoms with van der Waals surface area (Å²) in [5.41, 5.74) is 1.09. The molecule has 10 nitrogen and oxygen atoms in total. The Labute approximate surface area is 242 Å². The zero-order valence-electron chi connectivity index (χ0n) is 24.1. The van der Waals surface area contributed by atoms with Gasteiger partial charge in [0.05, 0.1) is 19.8 Å². The van der Waals surface area contributed by atoms with Gasteiger partial charge in [0.2, 0.25) is 5.91 Å². The molecular formula is C26H34B4FN3O7. The topological polar surface area (TPSA) is 129 Å². The molecule has 1 unspecified atom stereocenters. The third kappa shape index (κ3) is 5.68. The molecule has 3 N–H and O–H groups in total. The summed E-state index contributed by atoms with van der Waals surface area (Å²) < 4.78 is 26.3. The number of ether oxygens (including phenoxy) is 2. The molecule has 1 saturated heterocycles. The van der Waals surface area contributed by atoms with Crippen molar-refractivity contribution in [1.82, 2.24) is 15.1 Å². The second kappa shape index (κ2) is 11.6. The van der Waals surface area contributed by atoms with Crippen LogP contribution in [0, 0.1) is 5.82 Å². The standard InChI is InChI=1S/C26H34B4FN3O7/c1-32-22(36)21(25(29,30)24(27,28)14-35)34-12-18-17(23(34)37)3-2-4-20(18)41-13-15-5-6-16(11-19(15)31)26(38,39)33-7-9-40-10-8-33/h2-6,11,14,21,38-39H,7-10,12-13,27-30H2,1H3,(H,32,36). The van der Waals surface area contributed by atoms with Crippen LogP contribution in [-0.4, -0.2) is 109 Å². The second-order valence-electron chi connectivity index (χ2n) is 11.6. The molecule has 1 atom stereocenters. The molecule has 2 aromatic rings. The first-order chi connectivity index (χ1) is 19.3. The number of halogens is 1. The predicted octanol–water partition coefficient (Wildman–Crippen LogP) is -3.13. The van der Waals surface area contributed by atoms with E-state index >= 15 is 4.39 Å². The van der Waals surface area contributed by atoms with Gasteiger partial charge in [0.15, 0.2) is 0 Å². The molecule has 0 aliphatic carbocycles. The number of benzene rings is 2. The molecule has 41 heavy (non-hydrogen) atoms. The Morgan fingerprint density at radius 1 is 1.20 bits per heavy atom. The van der Waals surface area contributed by atoms with E-state index in [2.05, 4.69) is 5.32 Å². The van der Waals surface area contributed by atoms with Crippen LogP contribution >= 0.6 is 0 Å². The van der Waals surface area contributed by atoms with E-state index < -0.39 is 34.1 Å². The minimum atomic E-state index is -2.35. The Bertz CT molecular complexity index is 1340. The van der Waals surface area contributed by atoms with Crippen LogP contribution in [0.15, 0.2) is 36.4 Å². The number of fused-ring (bicyclic) bond motifs is 1. The van der Waals surface area contributed by atoms with Crippen LogP contribution < -0.4 is 10.1 Å². The van der Waals surface area contributed by atoms with Gasteiger partial charge in [0, 0.05) is 42.4 Å². The Kier molecular flexibility index (Phi) is 8.75. The zero-order valence-corrected chi connectivity index (χ0v) is 24.1. The minimum absolute atomic E-state index is 0.0106. The first-order valence-electron chi connectivity index (χ1n) is 13.6. The molecule has 0 bridgehead atoms. The molecule has 0 spiro atoms. The van der Waals surface area contributed by atoms with Crippen molar-refractivity contribution in [2.24, 2.45) is 0 Å². The Morgan fingerprint density at radius 3 is 2.49 bits per heavy atom. The van der Waals surface area contributed by atoms with Gasteiger partial charge in [-0.1, -0.05) is 23.4 Å². The SMILES string of the molecule is BC(B)(C=O)C(B)(B)C(C(=O)NC)N1Cc2c(OCc3ccc(C(O)(O)N4CCOCC4)cc3F)cccc2C1=O. The molecule has 15 heteroatoms. The Hall–Kier alpha value is -3.12. The van der Waals surface area contributed by atoms with E-state index in [0.717, 1.165) is 12.4 Å². The van der Waals surface area contributed by atoms with Crippen molar-refractivity contribution in [2.45, 2.75) is 35.5 Å². The summed E-state index contributed by atoms with van der Waals surface area (Å²) in [6.07, 6.45) is 0.795. The van der Waals surface area contributed by atoms with Gasteiger partial charge in [0.25, 0.3) is 11.8 Å². The van der Waals surface area contributed by atoms with E-state index in [-0.39, 0.29) is 30.2 Å². The van der Waals surface area contributed by atoms with Gasteiger partial charge < -0.3 is 34.7 Å². The summed E-state index contributed by atoms with van der Waals surface area (Å²) in [7, 11) is 8.52. The smallest absolute Gasteiger partial charge is 0.255 e. The van der Waals surface area contributed by atoms with Crippen molar-refractivity contribution in [1.29, 1.82) is 0 Å². The number of carbonyl (C=O) groups is 3. The van der Waals surface area contributed by atoms with E-state index in [1.54, 1.807) is 49.6 Å².